The molecule has 6 nitrogen and oxygen atoms in total. The molecule has 0 unspecified atom stereocenters. The standard InChI is InChI=1S/C51H32N6/c1-4-14-33(15-5-1)49-52-50(34-16-6-2-7-17-34)54-51(53-49)57-45-23-13-11-21-40(45)43-31-38(25-27-46(43)57)56-44-22-12-10-20-39(44)41-26-24-35-30-36-28-29-55(37-18-8-3-9-19-37)47(36)32-42(35)48(41)56/h1-32H. The molecule has 0 bridgehead atoms. The molecule has 0 saturated heterocycles. The van der Waals surface area contributed by atoms with Crippen LogP contribution in [0.15, 0.2) is 194 Å². The van der Waals surface area contributed by atoms with Crippen molar-refractivity contribution in [3.8, 4) is 40.1 Å². The van der Waals surface area contributed by atoms with Crippen LogP contribution >= 0.6 is 0 Å². The molecule has 266 valence electrons. The van der Waals surface area contributed by atoms with Gasteiger partial charge in [0.15, 0.2) is 11.6 Å². The monoisotopic (exact) mass is 728 g/mol. The van der Waals surface area contributed by atoms with Gasteiger partial charge in [-0.1, -0.05) is 127 Å². The molecule has 6 heteroatoms. The molecule has 4 heterocycles. The summed E-state index contributed by atoms with van der Waals surface area (Å²) in [5, 5.41) is 8.34. The van der Waals surface area contributed by atoms with Gasteiger partial charge in [0.25, 0.3) is 0 Å². The molecule has 8 aromatic carbocycles. The second kappa shape index (κ2) is 12.3. The molecule has 12 rings (SSSR count). The lowest BCUT2D eigenvalue weighted by Gasteiger charge is -2.13. The molecular weight excluding hydrogens is 697 g/mol. The maximum Gasteiger partial charge on any atom is 0.238 e. The van der Waals surface area contributed by atoms with Crippen molar-refractivity contribution in [1.29, 1.82) is 0 Å². The summed E-state index contributed by atoms with van der Waals surface area (Å²) in [6.07, 6.45) is 2.17. The van der Waals surface area contributed by atoms with Crippen LogP contribution in [0.25, 0.3) is 105 Å². The van der Waals surface area contributed by atoms with Crippen LogP contribution in [0.3, 0.4) is 0 Å². The van der Waals surface area contributed by atoms with Crippen molar-refractivity contribution >= 4 is 65.3 Å². The third-order valence-corrected chi connectivity index (χ3v) is 11.3. The predicted octanol–water partition coefficient (Wildman–Crippen LogP) is 12.5. The van der Waals surface area contributed by atoms with E-state index >= 15 is 0 Å². The number of hydrogen-bond acceptors (Lipinski definition) is 3. The van der Waals surface area contributed by atoms with Crippen LogP contribution in [-0.4, -0.2) is 28.7 Å². The number of aromatic nitrogens is 6. The number of hydrogen-bond donors (Lipinski definition) is 0. The van der Waals surface area contributed by atoms with Crippen LogP contribution in [0, 0.1) is 0 Å². The van der Waals surface area contributed by atoms with Crippen LogP contribution < -0.4 is 0 Å². The first kappa shape index (κ1) is 31.5. The van der Waals surface area contributed by atoms with Gasteiger partial charge in [0.05, 0.1) is 27.6 Å². The number of benzene rings is 8. The van der Waals surface area contributed by atoms with E-state index in [2.05, 4.69) is 147 Å². The summed E-state index contributed by atoms with van der Waals surface area (Å²) in [7, 11) is 0. The van der Waals surface area contributed by atoms with E-state index in [9.17, 15) is 0 Å². The highest BCUT2D eigenvalue weighted by Gasteiger charge is 2.21. The summed E-state index contributed by atoms with van der Waals surface area (Å²) in [6, 6.07) is 66.4. The van der Waals surface area contributed by atoms with E-state index in [-0.39, 0.29) is 0 Å². The minimum Gasteiger partial charge on any atom is -0.317 e. The third kappa shape index (κ3) is 4.87. The van der Waals surface area contributed by atoms with Crippen LogP contribution in [0.5, 0.6) is 0 Å². The lowest BCUT2D eigenvalue weighted by molar-refractivity contribution is 0.953. The highest BCUT2D eigenvalue weighted by atomic mass is 15.2. The first-order chi connectivity index (χ1) is 28.3. The molecule has 4 aromatic heterocycles. The average molecular weight is 729 g/mol. The van der Waals surface area contributed by atoms with Gasteiger partial charge < -0.3 is 9.13 Å². The van der Waals surface area contributed by atoms with Crippen molar-refractivity contribution < 1.29 is 0 Å². The molecule has 0 aliphatic carbocycles. The second-order valence-electron chi connectivity index (χ2n) is 14.5. The van der Waals surface area contributed by atoms with Gasteiger partial charge in [-0.2, -0.15) is 9.97 Å². The van der Waals surface area contributed by atoms with Crippen LogP contribution in [-0.2, 0) is 0 Å². The molecule has 0 aliphatic heterocycles. The van der Waals surface area contributed by atoms with Gasteiger partial charge in [-0.05, 0) is 66.0 Å². The van der Waals surface area contributed by atoms with Crippen molar-refractivity contribution in [2.75, 3.05) is 0 Å². The summed E-state index contributed by atoms with van der Waals surface area (Å²) in [4.78, 5) is 15.3. The van der Waals surface area contributed by atoms with Crippen molar-refractivity contribution in [2.24, 2.45) is 0 Å². The predicted molar refractivity (Wildman–Crippen MR) is 234 cm³/mol. The van der Waals surface area contributed by atoms with E-state index < -0.39 is 0 Å². The van der Waals surface area contributed by atoms with Gasteiger partial charge in [0, 0.05) is 61.0 Å². The molecule has 57 heavy (non-hydrogen) atoms. The van der Waals surface area contributed by atoms with Crippen LogP contribution in [0.1, 0.15) is 0 Å². The van der Waals surface area contributed by atoms with Gasteiger partial charge >= 0.3 is 0 Å². The Morgan fingerprint density at radius 3 is 1.63 bits per heavy atom. The first-order valence-electron chi connectivity index (χ1n) is 19.2. The first-order valence-corrected chi connectivity index (χ1v) is 19.2. The van der Waals surface area contributed by atoms with Gasteiger partial charge in [-0.15, -0.1) is 0 Å². The lowest BCUT2D eigenvalue weighted by Crippen LogP contribution is -2.06. The largest absolute Gasteiger partial charge is 0.317 e. The molecule has 0 radical (unpaired) electrons. The minimum absolute atomic E-state index is 0.579. The van der Waals surface area contributed by atoms with Crippen molar-refractivity contribution in [2.45, 2.75) is 0 Å². The number of para-hydroxylation sites is 3. The number of nitrogens with zero attached hydrogens (tertiary/aromatic N) is 6. The molecule has 0 amide bonds. The average Bonchev–Trinajstić information content (AvgIpc) is 3.96. The van der Waals surface area contributed by atoms with Gasteiger partial charge in [0.1, 0.15) is 0 Å². The summed E-state index contributed by atoms with van der Waals surface area (Å²) in [5.74, 6) is 1.84. The highest BCUT2D eigenvalue weighted by molar-refractivity contribution is 6.20. The smallest absolute Gasteiger partial charge is 0.238 e. The Balaban J connectivity index is 1.12. The molecule has 0 fully saturated rings. The van der Waals surface area contributed by atoms with Crippen molar-refractivity contribution in [3.05, 3.63) is 194 Å². The molecular formula is C51H32N6. The van der Waals surface area contributed by atoms with Gasteiger partial charge in [-0.25, -0.2) is 4.98 Å². The quantitative estimate of drug-likeness (QED) is 0.177. The Morgan fingerprint density at radius 1 is 0.333 bits per heavy atom. The Kier molecular flexibility index (Phi) is 6.83. The van der Waals surface area contributed by atoms with Crippen molar-refractivity contribution in [3.63, 3.8) is 0 Å². The van der Waals surface area contributed by atoms with Gasteiger partial charge in [-0.3, -0.25) is 4.57 Å². The topological polar surface area (TPSA) is 53.5 Å². The third-order valence-electron chi connectivity index (χ3n) is 11.3. The maximum atomic E-state index is 5.14. The molecule has 0 atom stereocenters. The summed E-state index contributed by atoms with van der Waals surface area (Å²) in [5.41, 5.74) is 9.71. The Hall–Kier alpha value is -7.83. The van der Waals surface area contributed by atoms with Crippen molar-refractivity contribution in [1.82, 2.24) is 28.7 Å². The zero-order valence-corrected chi connectivity index (χ0v) is 30.7. The molecule has 0 saturated carbocycles. The SMILES string of the molecule is c1ccc(-c2nc(-c3ccccc3)nc(-n3c4ccccc4c4cc(-n5c6ccccc6c6ccc7cc8ccn(-c9ccccc9)c8cc7c65)ccc43)n2)cc1. The van der Waals surface area contributed by atoms with E-state index in [0.29, 0.717) is 17.6 Å². The Bertz CT molecular complexity index is 3450. The number of rotatable bonds is 5. The van der Waals surface area contributed by atoms with Gasteiger partial charge in [0.2, 0.25) is 5.95 Å². The Labute approximate surface area is 327 Å². The van der Waals surface area contributed by atoms with Crippen LogP contribution in [0.2, 0.25) is 0 Å². The summed E-state index contributed by atoms with van der Waals surface area (Å²) < 4.78 is 6.92. The maximum absolute atomic E-state index is 5.14. The van der Waals surface area contributed by atoms with E-state index in [1.807, 2.05) is 60.7 Å². The summed E-state index contributed by atoms with van der Waals surface area (Å²) in [6.45, 7) is 0. The normalized spacial score (nSPS) is 11.9. The van der Waals surface area contributed by atoms with E-state index in [4.69, 9.17) is 15.0 Å². The Morgan fingerprint density at radius 2 is 0.930 bits per heavy atom. The fraction of sp³-hybridized carbons (Fsp3) is 0. The molecule has 0 N–H and O–H groups in total. The van der Waals surface area contributed by atoms with E-state index in [1.54, 1.807) is 0 Å². The summed E-state index contributed by atoms with van der Waals surface area (Å²) >= 11 is 0. The fourth-order valence-electron chi connectivity index (χ4n) is 8.71. The fourth-order valence-corrected chi connectivity index (χ4v) is 8.71. The lowest BCUT2D eigenvalue weighted by atomic mass is 10.0. The molecule has 0 aliphatic rings. The van der Waals surface area contributed by atoms with Crippen LogP contribution in [0.4, 0.5) is 0 Å². The zero-order valence-electron chi connectivity index (χ0n) is 30.7. The number of fused-ring (bicyclic) bond motifs is 9. The molecule has 0 spiro atoms. The molecule has 12 aromatic rings. The highest BCUT2D eigenvalue weighted by Crippen LogP contribution is 2.40. The van der Waals surface area contributed by atoms with E-state index in [0.717, 1.165) is 44.3 Å². The van der Waals surface area contributed by atoms with E-state index in [1.165, 1.54) is 43.5 Å². The minimum atomic E-state index is 0.579. The second-order valence-corrected chi connectivity index (χ2v) is 14.5. The zero-order chi connectivity index (χ0) is 37.5.